The van der Waals surface area contributed by atoms with Gasteiger partial charge in [0, 0.05) is 10.7 Å². The van der Waals surface area contributed by atoms with Crippen LogP contribution >= 0.6 is 31.9 Å². The minimum absolute atomic E-state index is 0.151. The summed E-state index contributed by atoms with van der Waals surface area (Å²) in [5.74, 6) is 0.910. The van der Waals surface area contributed by atoms with E-state index in [1.807, 2.05) is 26.8 Å². The molecule has 1 N–H and O–H groups in total. The van der Waals surface area contributed by atoms with Gasteiger partial charge in [0.1, 0.15) is 12.2 Å². The van der Waals surface area contributed by atoms with Crippen molar-refractivity contribution in [3.63, 3.8) is 0 Å². The summed E-state index contributed by atoms with van der Waals surface area (Å²) < 4.78 is 12.7. The lowest BCUT2D eigenvalue weighted by atomic mass is 10.0. The Hall–Kier alpha value is -0.820. The first-order valence-electron chi connectivity index (χ1n) is 7.50. The first-order chi connectivity index (χ1) is 10.6. The van der Waals surface area contributed by atoms with E-state index < -0.39 is 11.7 Å². The van der Waals surface area contributed by atoms with Crippen molar-refractivity contribution in [2.75, 3.05) is 6.61 Å². The van der Waals surface area contributed by atoms with Gasteiger partial charge in [-0.25, -0.2) is 9.78 Å². The molecule has 5 nitrogen and oxygen atoms in total. The third-order valence-electron chi connectivity index (χ3n) is 2.67. The van der Waals surface area contributed by atoms with E-state index in [-0.39, 0.29) is 6.04 Å². The predicted octanol–water partition coefficient (Wildman–Crippen LogP) is 4.92. The van der Waals surface area contributed by atoms with Gasteiger partial charge in [-0.05, 0) is 71.0 Å². The summed E-state index contributed by atoms with van der Waals surface area (Å²) in [5.41, 5.74) is -0.524. The molecule has 0 aromatic carbocycles. The summed E-state index contributed by atoms with van der Waals surface area (Å²) in [5, 5.41) is 2.87. The van der Waals surface area contributed by atoms with E-state index in [0.717, 1.165) is 15.4 Å². The monoisotopic (exact) mass is 450 g/mol. The summed E-state index contributed by atoms with van der Waals surface area (Å²) in [6, 6.07) is 1.71. The van der Waals surface area contributed by atoms with Crippen molar-refractivity contribution in [1.82, 2.24) is 10.3 Å². The molecule has 0 fully saturated rings. The molecule has 0 saturated carbocycles. The Bertz CT molecular complexity index is 531. The fraction of sp³-hybridized carbons (Fsp3) is 0.625. The Morgan fingerprint density at radius 3 is 2.52 bits per heavy atom. The minimum atomic E-state index is -0.524. The lowest BCUT2D eigenvalue weighted by molar-refractivity contribution is 0.0479. The van der Waals surface area contributed by atoms with Gasteiger partial charge in [0.25, 0.3) is 0 Å². The number of hydrogen-bond donors (Lipinski definition) is 1. The van der Waals surface area contributed by atoms with Gasteiger partial charge in [0.05, 0.1) is 10.5 Å². The Kier molecular flexibility index (Phi) is 7.80. The maximum absolute atomic E-state index is 12.0. The van der Waals surface area contributed by atoms with Crippen molar-refractivity contribution < 1.29 is 14.3 Å². The van der Waals surface area contributed by atoms with Crippen LogP contribution in [0.2, 0.25) is 0 Å². The molecule has 130 valence electrons. The van der Waals surface area contributed by atoms with Crippen LogP contribution in [0.25, 0.3) is 0 Å². The van der Waals surface area contributed by atoms with Crippen LogP contribution in [0.3, 0.4) is 0 Å². The Balaban J connectivity index is 2.65. The number of pyridine rings is 1. The number of amides is 1. The highest BCUT2D eigenvalue weighted by Gasteiger charge is 2.21. The molecule has 1 aromatic rings. The standard InChI is InChI=1S/C16H24Br2N2O3/c1-10(2)6-12(20-15(21)23-16(3,4)5)9-22-14-13(18)7-11(17)8-19-14/h7-8,10,12H,6,9H2,1-5H3,(H,20,21)/t12-/m0/s1. The van der Waals surface area contributed by atoms with E-state index >= 15 is 0 Å². The lowest BCUT2D eigenvalue weighted by Crippen LogP contribution is -2.42. The fourth-order valence-electron chi connectivity index (χ4n) is 1.90. The molecule has 0 aliphatic carbocycles. The number of nitrogens with one attached hydrogen (secondary N) is 1. The average Bonchev–Trinajstić information content (AvgIpc) is 2.34. The maximum Gasteiger partial charge on any atom is 0.407 e. The van der Waals surface area contributed by atoms with E-state index in [1.165, 1.54) is 0 Å². The van der Waals surface area contributed by atoms with Crippen LogP contribution in [-0.2, 0) is 4.74 Å². The lowest BCUT2D eigenvalue weighted by Gasteiger charge is -2.24. The first kappa shape index (κ1) is 20.2. The molecule has 0 saturated heterocycles. The first-order valence-corrected chi connectivity index (χ1v) is 9.09. The summed E-state index contributed by atoms with van der Waals surface area (Å²) in [7, 11) is 0. The number of rotatable bonds is 6. The second-order valence-electron chi connectivity index (χ2n) is 6.72. The van der Waals surface area contributed by atoms with Crippen LogP contribution in [0.15, 0.2) is 21.2 Å². The highest BCUT2D eigenvalue weighted by molar-refractivity contribution is 9.11. The maximum atomic E-state index is 12.0. The largest absolute Gasteiger partial charge is 0.475 e. The van der Waals surface area contributed by atoms with Crippen molar-refractivity contribution in [2.24, 2.45) is 5.92 Å². The molecule has 0 radical (unpaired) electrons. The molecule has 1 amide bonds. The van der Waals surface area contributed by atoms with Crippen molar-refractivity contribution in [1.29, 1.82) is 0 Å². The molecular weight excluding hydrogens is 428 g/mol. The van der Waals surface area contributed by atoms with Crippen LogP contribution < -0.4 is 10.1 Å². The summed E-state index contributed by atoms with van der Waals surface area (Å²) in [4.78, 5) is 16.2. The van der Waals surface area contributed by atoms with Gasteiger partial charge in [0.2, 0.25) is 5.88 Å². The zero-order chi connectivity index (χ0) is 17.6. The molecule has 1 heterocycles. The summed E-state index contributed by atoms with van der Waals surface area (Å²) >= 11 is 6.76. The number of hydrogen-bond acceptors (Lipinski definition) is 4. The smallest absolute Gasteiger partial charge is 0.407 e. The van der Waals surface area contributed by atoms with Crippen molar-refractivity contribution in [2.45, 2.75) is 52.7 Å². The second-order valence-corrected chi connectivity index (χ2v) is 8.49. The van der Waals surface area contributed by atoms with Crippen LogP contribution in [0.4, 0.5) is 4.79 Å². The SMILES string of the molecule is CC(C)C[C@@H](COc1ncc(Br)cc1Br)NC(=O)OC(C)(C)C. The van der Waals surface area contributed by atoms with Crippen LogP contribution in [0, 0.1) is 5.92 Å². The van der Waals surface area contributed by atoms with Gasteiger partial charge >= 0.3 is 6.09 Å². The number of nitrogens with zero attached hydrogens (tertiary/aromatic N) is 1. The number of aromatic nitrogens is 1. The number of carbonyl (C=O) groups is 1. The van der Waals surface area contributed by atoms with E-state index in [0.29, 0.717) is 18.4 Å². The van der Waals surface area contributed by atoms with Crippen molar-refractivity contribution >= 4 is 38.0 Å². The van der Waals surface area contributed by atoms with Crippen LogP contribution in [0.5, 0.6) is 5.88 Å². The topological polar surface area (TPSA) is 60.5 Å². The second kappa shape index (κ2) is 8.87. The molecule has 0 unspecified atom stereocenters. The van der Waals surface area contributed by atoms with E-state index in [2.05, 4.69) is 56.0 Å². The highest BCUT2D eigenvalue weighted by Crippen LogP contribution is 2.25. The van der Waals surface area contributed by atoms with Crippen LogP contribution in [0.1, 0.15) is 41.0 Å². The Morgan fingerprint density at radius 1 is 1.35 bits per heavy atom. The molecular formula is C16H24Br2N2O3. The summed E-state index contributed by atoms with van der Waals surface area (Å²) in [6.07, 6.45) is 2.02. The minimum Gasteiger partial charge on any atom is -0.475 e. The zero-order valence-electron chi connectivity index (χ0n) is 14.2. The van der Waals surface area contributed by atoms with Crippen LogP contribution in [-0.4, -0.2) is 29.3 Å². The number of carbonyl (C=O) groups excluding carboxylic acids is 1. The highest BCUT2D eigenvalue weighted by atomic mass is 79.9. The van der Waals surface area contributed by atoms with Gasteiger partial charge in [-0.1, -0.05) is 13.8 Å². The molecule has 0 bridgehead atoms. The Labute approximate surface area is 154 Å². The van der Waals surface area contributed by atoms with Gasteiger partial charge in [-0.15, -0.1) is 0 Å². The normalized spacial score (nSPS) is 12.9. The van der Waals surface area contributed by atoms with Gasteiger partial charge in [-0.2, -0.15) is 0 Å². The predicted molar refractivity (Wildman–Crippen MR) is 97.7 cm³/mol. The number of ether oxygens (including phenoxy) is 2. The van der Waals surface area contributed by atoms with Crippen molar-refractivity contribution in [3.05, 3.63) is 21.2 Å². The van der Waals surface area contributed by atoms with Gasteiger partial charge in [0.15, 0.2) is 0 Å². The third kappa shape index (κ3) is 8.55. The van der Waals surface area contributed by atoms with Gasteiger partial charge in [-0.3, -0.25) is 0 Å². The van der Waals surface area contributed by atoms with E-state index in [9.17, 15) is 4.79 Å². The molecule has 1 atom stereocenters. The quantitative estimate of drug-likeness (QED) is 0.666. The van der Waals surface area contributed by atoms with Gasteiger partial charge < -0.3 is 14.8 Å². The zero-order valence-corrected chi connectivity index (χ0v) is 17.3. The Morgan fingerprint density at radius 2 is 2.00 bits per heavy atom. The third-order valence-corrected chi connectivity index (χ3v) is 3.67. The van der Waals surface area contributed by atoms with E-state index in [1.54, 1.807) is 6.20 Å². The molecule has 1 rings (SSSR count). The molecule has 1 aromatic heterocycles. The molecule has 7 heteroatoms. The summed E-state index contributed by atoms with van der Waals surface area (Å²) in [6.45, 7) is 10.0. The fourth-order valence-corrected chi connectivity index (χ4v) is 3.00. The number of alkyl carbamates (subject to hydrolysis) is 1. The number of halogens is 2. The molecule has 0 spiro atoms. The molecule has 23 heavy (non-hydrogen) atoms. The van der Waals surface area contributed by atoms with E-state index in [4.69, 9.17) is 9.47 Å². The average molecular weight is 452 g/mol. The van der Waals surface area contributed by atoms with Crippen molar-refractivity contribution in [3.8, 4) is 5.88 Å². The molecule has 0 aliphatic heterocycles. The molecule has 0 aliphatic rings.